The quantitative estimate of drug-likeness (QED) is 0.709. The summed E-state index contributed by atoms with van der Waals surface area (Å²) < 4.78 is 14.1. The highest BCUT2D eigenvalue weighted by Gasteiger charge is 2.38. The van der Waals surface area contributed by atoms with Crippen LogP contribution in [-0.2, 0) is 9.47 Å². The average molecular weight is 337 g/mol. The second kappa shape index (κ2) is 6.09. The van der Waals surface area contributed by atoms with Gasteiger partial charge in [-0.05, 0) is 11.5 Å². The summed E-state index contributed by atoms with van der Waals surface area (Å²) in [6, 6.07) is 10.5. The molecule has 7 nitrogen and oxygen atoms in total. The van der Waals surface area contributed by atoms with E-state index in [0.29, 0.717) is 13.2 Å². The minimum atomic E-state index is 0.0503. The summed E-state index contributed by atoms with van der Waals surface area (Å²) in [5, 5.41) is 6.57. The van der Waals surface area contributed by atoms with Crippen molar-refractivity contribution in [2.24, 2.45) is 0 Å². The van der Waals surface area contributed by atoms with Crippen molar-refractivity contribution in [2.45, 2.75) is 18.2 Å². The van der Waals surface area contributed by atoms with E-state index in [-0.39, 0.29) is 18.2 Å². The van der Waals surface area contributed by atoms with Crippen molar-refractivity contribution in [1.82, 2.24) is 19.7 Å². The first-order valence-corrected chi connectivity index (χ1v) is 8.54. The molecule has 0 bridgehead atoms. The van der Waals surface area contributed by atoms with Crippen LogP contribution in [0.1, 0.15) is 6.04 Å². The fourth-order valence-corrected chi connectivity index (χ4v) is 3.67. The Hall–Kier alpha value is -2.51. The van der Waals surface area contributed by atoms with Gasteiger partial charge in [0.15, 0.2) is 0 Å². The van der Waals surface area contributed by atoms with Crippen molar-refractivity contribution >= 4 is 16.6 Å². The van der Waals surface area contributed by atoms with Crippen LogP contribution in [0.4, 0.5) is 5.82 Å². The Bertz CT molecular complexity index is 848. The van der Waals surface area contributed by atoms with Gasteiger partial charge in [0.1, 0.15) is 36.7 Å². The van der Waals surface area contributed by atoms with E-state index in [1.165, 1.54) is 10.8 Å². The Balaban J connectivity index is 1.35. The standard InChI is InChI=1S/C18H19N5O2/c1-2-4-15-13(3-1)5-6-20-18(15)22-7-16-17(8-22)25-10-14(9-24-16)23-12-19-11-21-23/h1-6,11-12,14,16-17H,7-10H2/t16-,17-/m0/s1. The second-order valence-electron chi connectivity index (χ2n) is 6.53. The highest BCUT2D eigenvalue weighted by atomic mass is 16.6. The molecule has 0 N–H and O–H groups in total. The van der Waals surface area contributed by atoms with Crippen molar-refractivity contribution in [2.75, 3.05) is 31.2 Å². The van der Waals surface area contributed by atoms with Gasteiger partial charge >= 0.3 is 0 Å². The number of hydrogen-bond donors (Lipinski definition) is 0. The molecule has 3 aromatic rings. The van der Waals surface area contributed by atoms with Gasteiger partial charge in [0.05, 0.1) is 13.2 Å². The lowest BCUT2D eigenvalue weighted by molar-refractivity contribution is -0.00461. The molecule has 0 unspecified atom stereocenters. The minimum absolute atomic E-state index is 0.0503. The van der Waals surface area contributed by atoms with Gasteiger partial charge in [0.2, 0.25) is 0 Å². The molecule has 2 aliphatic rings. The Kier molecular flexibility index (Phi) is 3.61. The topological polar surface area (TPSA) is 65.3 Å². The molecule has 2 atom stereocenters. The third-order valence-electron chi connectivity index (χ3n) is 4.98. The number of fused-ring (bicyclic) bond motifs is 2. The van der Waals surface area contributed by atoms with Crippen LogP contribution < -0.4 is 4.90 Å². The summed E-state index contributed by atoms with van der Waals surface area (Å²) in [4.78, 5) is 10.9. The first-order chi connectivity index (χ1) is 12.4. The van der Waals surface area contributed by atoms with Gasteiger partial charge in [-0.3, -0.25) is 0 Å². The highest BCUT2D eigenvalue weighted by Crippen LogP contribution is 2.30. The molecule has 0 aliphatic carbocycles. The fraction of sp³-hybridized carbons (Fsp3) is 0.389. The van der Waals surface area contributed by atoms with Crippen molar-refractivity contribution < 1.29 is 9.47 Å². The number of hydrogen-bond acceptors (Lipinski definition) is 6. The van der Waals surface area contributed by atoms with E-state index in [1.807, 2.05) is 16.9 Å². The van der Waals surface area contributed by atoms with Crippen LogP contribution in [0.15, 0.2) is 49.2 Å². The number of nitrogens with zero attached hydrogens (tertiary/aromatic N) is 5. The zero-order valence-electron chi connectivity index (χ0n) is 13.7. The Morgan fingerprint density at radius 3 is 2.56 bits per heavy atom. The molecule has 25 heavy (non-hydrogen) atoms. The van der Waals surface area contributed by atoms with E-state index in [4.69, 9.17) is 9.47 Å². The predicted molar refractivity (Wildman–Crippen MR) is 92.5 cm³/mol. The lowest BCUT2D eigenvalue weighted by Gasteiger charge is -2.20. The van der Waals surface area contributed by atoms with Crippen molar-refractivity contribution in [1.29, 1.82) is 0 Å². The van der Waals surface area contributed by atoms with Crippen molar-refractivity contribution in [3.05, 3.63) is 49.2 Å². The molecule has 2 aliphatic heterocycles. The van der Waals surface area contributed by atoms with Crippen LogP contribution in [0.25, 0.3) is 10.8 Å². The zero-order chi connectivity index (χ0) is 16.6. The second-order valence-corrected chi connectivity index (χ2v) is 6.53. The van der Waals surface area contributed by atoms with Gasteiger partial charge in [-0.25, -0.2) is 14.6 Å². The Morgan fingerprint density at radius 1 is 1.00 bits per heavy atom. The van der Waals surface area contributed by atoms with E-state index in [0.717, 1.165) is 18.9 Å². The molecular formula is C18H19N5O2. The number of rotatable bonds is 2. The number of benzene rings is 1. The van der Waals surface area contributed by atoms with Crippen LogP contribution in [0.5, 0.6) is 0 Å². The van der Waals surface area contributed by atoms with E-state index in [1.54, 1.807) is 12.7 Å². The maximum atomic E-state index is 6.14. The molecule has 2 fully saturated rings. The third-order valence-corrected chi connectivity index (χ3v) is 4.98. The van der Waals surface area contributed by atoms with Crippen LogP contribution in [-0.4, -0.2) is 58.3 Å². The summed E-state index contributed by atoms with van der Waals surface area (Å²) in [5.74, 6) is 1.01. The summed E-state index contributed by atoms with van der Waals surface area (Å²) >= 11 is 0. The zero-order valence-corrected chi connectivity index (χ0v) is 13.7. The molecule has 0 saturated carbocycles. The highest BCUT2D eigenvalue weighted by molar-refractivity contribution is 5.92. The molecular weight excluding hydrogens is 318 g/mol. The van der Waals surface area contributed by atoms with Crippen LogP contribution in [0, 0.1) is 0 Å². The molecule has 1 aromatic carbocycles. The third kappa shape index (κ3) is 2.65. The molecule has 2 saturated heterocycles. The lowest BCUT2D eigenvalue weighted by Crippen LogP contribution is -2.27. The first kappa shape index (κ1) is 14.8. The molecule has 128 valence electrons. The van der Waals surface area contributed by atoms with Gasteiger partial charge in [0.25, 0.3) is 0 Å². The fourth-order valence-electron chi connectivity index (χ4n) is 3.67. The number of anilines is 1. The van der Waals surface area contributed by atoms with E-state index < -0.39 is 0 Å². The average Bonchev–Trinajstić information content (AvgIpc) is 3.28. The summed E-state index contributed by atoms with van der Waals surface area (Å²) in [5.41, 5.74) is 0. The van der Waals surface area contributed by atoms with Gasteiger partial charge < -0.3 is 14.4 Å². The molecule has 0 amide bonds. The Labute approximate surface area is 145 Å². The predicted octanol–water partition coefficient (Wildman–Crippen LogP) is 1.67. The molecule has 2 aromatic heterocycles. The monoisotopic (exact) mass is 337 g/mol. The van der Waals surface area contributed by atoms with Crippen molar-refractivity contribution in [3.8, 4) is 0 Å². The Morgan fingerprint density at radius 2 is 1.80 bits per heavy atom. The maximum absolute atomic E-state index is 6.14. The first-order valence-electron chi connectivity index (χ1n) is 8.54. The molecule has 0 spiro atoms. The largest absolute Gasteiger partial charge is 0.371 e. The molecule has 5 rings (SSSR count). The van der Waals surface area contributed by atoms with Gasteiger partial charge in [-0.15, -0.1) is 0 Å². The van der Waals surface area contributed by atoms with Gasteiger partial charge in [-0.2, -0.15) is 5.10 Å². The molecule has 0 radical (unpaired) electrons. The van der Waals surface area contributed by atoms with E-state index >= 15 is 0 Å². The number of aromatic nitrogens is 4. The van der Waals surface area contributed by atoms with Gasteiger partial charge in [-0.1, -0.05) is 24.3 Å². The van der Waals surface area contributed by atoms with Crippen molar-refractivity contribution in [3.63, 3.8) is 0 Å². The lowest BCUT2D eigenvalue weighted by atomic mass is 10.1. The minimum Gasteiger partial charge on any atom is -0.371 e. The summed E-state index contributed by atoms with van der Waals surface area (Å²) in [6.45, 7) is 2.74. The normalized spacial score (nSPS) is 24.4. The number of ether oxygens (including phenoxy) is 2. The molecule has 7 heteroatoms. The van der Waals surface area contributed by atoms with Crippen LogP contribution >= 0.6 is 0 Å². The van der Waals surface area contributed by atoms with Crippen LogP contribution in [0.3, 0.4) is 0 Å². The maximum Gasteiger partial charge on any atom is 0.137 e. The van der Waals surface area contributed by atoms with Crippen LogP contribution in [0.2, 0.25) is 0 Å². The van der Waals surface area contributed by atoms with Gasteiger partial charge in [0, 0.05) is 24.7 Å². The SMILES string of the molecule is c1ccc2c(N3C[C@@H]4OCC(n5cncn5)CO[C@H]4C3)nccc2c1. The smallest absolute Gasteiger partial charge is 0.137 e. The summed E-state index contributed by atoms with van der Waals surface area (Å²) in [6.07, 6.45) is 5.22. The van der Waals surface area contributed by atoms with E-state index in [2.05, 4.69) is 44.2 Å². The molecule has 4 heterocycles. The number of pyridine rings is 1. The van der Waals surface area contributed by atoms with E-state index in [9.17, 15) is 0 Å². The summed E-state index contributed by atoms with van der Waals surface area (Å²) in [7, 11) is 0.